The minimum absolute atomic E-state index is 0.0141. The highest BCUT2D eigenvalue weighted by molar-refractivity contribution is 6.06. The summed E-state index contributed by atoms with van der Waals surface area (Å²) in [5.74, 6) is 0.207. The zero-order chi connectivity index (χ0) is 22.2. The molecule has 0 spiro atoms. The van der Waals surface area contributed by atoms with Gasteiger partial charge in [0.25, 0.3) is 0 Å². The average molecular weight is 427 g/mol. The summed E-state index contributed by atoms with van der Waals surface area (Å²) in [7, 11) is 0. The molecule has 0 fully saturated rings. The van der Waals surface area contributed by atoms with Gasteiger partial charge in [0.2, 0.25) is 0 Å². The van der Waals surface area contributed by atoms with Gasteiger partial charge in [0.15, 0.2) is 0 Å². The molecular formula is C24H30N2O5. The topological polar surface area (TPSA) is 93.0 Å². The molecule has 0 bridgehead atoms. The Labute approximate surface area is 182 Å². The SMILES string of the molecule is CCOC(=O)c1c(C)n(Cc2ccccc2)c2ccc(OC[C@@H](O)CNCCO)cc12. The van der Waals surface area contributed by atoms with Crippen LogP contribution in [0.4, 0.5) is 0 Å². The van der Waals surface area contributed by atoms with Gasteiger partial charge in [-0.3, -0.25) is 0 Å². The number of nitrogens with zero attached hydrogens (tertiary/aromatic N) is 1. The van der Waals surface area contributed by atoms with E-state index in [9.17, 15) is 9.90 Å². The number of carbonyl (C=O) groups excluding carboxylic acids is 1. The van der Waals surface area contributed by atoms with Gasteiger partial charge in [-0.2, -0.15) is 0 Å². The number of carbonyl (C=O) groups is 1. The molecule has 0 aliphatic carbocycles. The van der Waals surface area contributed by atoms with Crippen molar-refractivity contribution in [3.8, 4) is 5.75 Å². The predicted molar refractivity (Wildman–Crippen MR) is 120 cm³/mol. The Morgan fingerprint density at radius 1 is 1.19 bits per heavy atom. The van der Waals surface area contributed by atoms with Crippen LogP contribution in [0.25, 0.3) is 10.9 Å². The van der Waals surface area contributed by atoms with Gasteiger partial charge >= 0.3 is 5.97 Å². The van der Waals surface area contributed by atoms with Crippen LogP contribution in [0.3, 0.4) is 0 Å². The van der Waals surface area contributed by atoms with E-state index in [-0.39, 0.29) is 19.2 Å². The molecule has 0 amide bonds. The van der Waals surface area contributed by atoms with Gasteiger partial charge in [-0.15, -0.1) is 0 Å². The Hall–Kier alpha value is -2.87. The number of aromatic nitrogens is 1. The van der Waals surface area contributed by atoms with Crippen molar-refractivity contribution in [3.05, 3.63) is 65.4 Å². The summed E-state index contributed by atoms with van der Waals surface area (Å²) in [6.07, 6.45) is -0.712. The first-order chi connectivity index (χ1) is 15.0. The van der Waals surface area contributed by atoms with Crippen LogP contribution in [-0.4, -0.2) is 59.8 Å². The normalized spacial score (nSPS) is 12.1. The Morgan fingerprint density at radius 2 is 1.97 bits per heavy atom. The number of hydrogen-bond donors (Lipinski definition) is 3. The summed E-state index contributed by atoms with van der Waals surface area (Å²) < 4.78 is 13.2. The zero-order valence-electron chi connectivity index (χ0n) is 18.0. The lowest BCUT2D eigenvalue weighted by atomic mass is 10.1. The quantitative estimate of drug-likeness (QED) is 0.322. The van der Waals surface area contributed by atoms with Crippen LogP contribution in [0.5, 0.6) is 5.75 Å². The average Bonchev–Trinajstić information content (AvgIpc) is 3.04. The molecule has 3 rings (SSSR count). The van der Waals surface area contributed by atoms with Gasteiger partial charge in [-0.1, -0.05) is 30.3 Å². The third kappa shape index (κ3) is 5.64. The van der Waals surface area contributed by atoms with Gasteiger partial charge < -0.3 is 29.6 Å². The Bertz CT molecular complexity index is 1000. The molecule has 1 aromatic heterocycles. The lowest BCUT2D eigenvalue weighted by Gasteiger charge is -2.13. The minimum atomic E-state index is -0.712. The van der Waals surface area contributed by atoms with Gasteiger partial charge in [0, 0.05) is 36.2 Å². The second-order valence-electron chi connectivity index (χ2n) is 7.32. The summed E-state index contributed by atoms with van der Waals surface area (Å²) in [6.45, 7) is 5.50. The van der Waals surface area contributed by atoms with Crippen molar-refractivity contribution in [3.63, 3.8) is 0 Å². The van der Waals surface area contributed by atoms with E-state index in [4.69, 9.17) is 14.6 Å². The minimum Gasteiger partial charge on any atom is -0.491 e. The number of esters is 1. The van der Waals surface area contributed by atoms with Crippen molar-refractivity contribution >= 4 is 16.9 Å². The molecular weight excluding hydrogens is 396 g/mol. The fourth-order valence-electron chi connectivity index (χ4n) is 3.58. The molecule has 0 aliphatic rings. The van der Waals surface area contributed by atoms with Crippen LogP contribution < -0.4 is 10.1 Å². The summed E-state index contributed by atoms with van der Waals surface area (Å²) >= 11 is 0. The molecule has 0 aliphatic heterocycles. The van der Waals surface area contributed by atoms with Crippen LogP contribution in [0.15, 0.2) is 48.5 Å². The van der Waals surface area contributed by atoms with Crippen molar-refractivity contribution in [2.45, 2.75) is 26.5 Å². The van der Waals surface area contributed by atoms with E-state index < -0.39 is 6.10 Å². The smallest absolute Gasteiger partial charge is 0.340 e. The van der Waals surface area contributed by atoms with Crippen molar-refractivity contribution in [2.75, 3.05) is 32.9 Å². The van der Waals surface area contributed by atoms with E-state index in [2.05, 4.69) is 22.0 Å². The molecule has 166 valence electrons. The number of fused-ring (bicyclic) bond motifs is 1. The fraction of sp³-hybridized carbons (Fsp3) is 0.375. The lowest BCUT2D eigenvalue weighted by molar-refractivity contribution is 0.0527. The van der Waals surface area contributed by atoms with E-state index in [0.29, 0.717) is 37.6 Å². The predicted octanol–water partition coefficient (Wildman–Crippen LogP) is 2.50. The lowest BCUT2D eigenvalue weighted by Crippen LogP contribution is -2.32. The summed E-state index contributed by atoms with van der Waals surface area (Å²) in [4.78, 5) is 12.7. The molecule has 7 nitrogen and oxygen atoms in total. The van der Waals surface area contributed by atoms with E-state index in [1.54, 1.807) is 6.92 Å². The highest BCUT2D eigenvalue weighted by Gasteiger charge is 2.22. The number of rotatable bonds is 11. The van der Waals surface area contributed by atoms with Crippen molar-refractivity contribution in [2.24, 2.45) is 0 Å². The monoisotopic (exact) mass is 426 g/mol. The second kappa shape index (κ2) is 10.9. The number of aliphatic hydroxyl groups excluding tert-OH is 2. The van der Waals surface area contributed by atoms with Gasteiger partial charge in [0.1, 0.15) is 18.5 Å². The highest BCUT2D eigenvalue weighted by Crippen LogP contribution is 2.31. The van der Waals surface area contributed by atoms with Gasteiger partial charge in [0.05, 0.1) is 18.8 Å². The first-order valence-corrected chi connectivity index (χ1v) is 10.5. The Balaban J connectivity index is 1.90. The molecule has 0 radical (unpaired) electrons. The summed E-state index contributed by atoms with van der Waals surface area (Å²) in [6, 6.07) is 15.7. The number of ether oxygens (including phenoxy) is 2. The van der Waals surface area contributed by atoms with Crippen LogP contribution >= 0.6 is 0 Å². The Morgan fingerprint density at radius 3 is 2.68 bits per heavy atom. The number of aliphatic hydroxyl groups is 2. The number of hydrogen-bond acceptors (Lipinski definition) is 6. The maximum Gasteiger partial charge on any atom is 0.340 e. The summed E-state index contributed by atoms with van der Waals surface area (Å²) in [5.41, 5.74) is 3.42. The van der Waals surface area contributed by atoms with Crippen molar-refractivity contribution in [1.29, 1.82) is 0 Å². The van der Waals surface area contributed by atoms with Gasteiger partial charge in [-0.05, 0) is 37.6 Å². The van der Waals surface area contributed by atoms with Crippen LogP contribution in [0.2, 0.25) is 0 Å². The van der Waals surface area contributed by atoms with Crippen molar-refractivity contribution < 1.29 is 24.5 Å². The molecule has 0 saturated heterocycles. The zero-order valence-corrected chi connectivity index (χ0v) is 18.0. The first-order valence-electron chi connectivity index (χ1n) is 10.5. The molecule has 1 atom stereocenters. The maximum atomic E-state index is 12.7. The molecule has 2 aromatic carbocycles. The highest BCUT2D eigenvalue weighted by atomic mass is 16.5. The molecule has 0 unspecified atom stereocenters. The molecule has 0 saturated carbocycles. The fourth-order valence-corrected chi connectivity index (χ4v) is 3.58. The Kier molecular flexibility index (Phi) is 8.06. The largest absolute Gasteiger partial charge is 0.491 e. The standard InChI is InChI=1S/C24H30N2O5/c1-3-30-24(29)23-17(2)26(15-18-7-5-4-6-8-18)22-10-9-20(13-21(22)23)31-16-19(28)14-25-11-12-27/h4-10,13,19,25,27-28H,3,11-12,14-16H2,1-2H3/t19-/m0/s1. The molecule has 3 aromatic rings. The first kappa shape index (κ1) is 22.8. The third-order valence-electron chi connectivity index (χ3n) is 5.07. The molecule has 3 N–H and O–H groups in total. The number of benzene rings is 2. The maximum absolute atomic E-state index is 12.7. The van der Waals surface area contributed by atoms with Crippen LogP contribution in [-0.2, 0) is 11.3 Å². The van der Waals surface area contributed by atoms with E-state index >= 15 is 0 Å². The van der Waals surface area contributed by atoms with Crippen LogP contribution in [0.1, 0.15) is 28.5 Å². The third-order valence-corrected chi connectivity index (χ3v) is 5.07. The van der Waals surface area contributed by atoms with Crippen molar-refractivity contribution in [1.82, 2.24) is 9.88 Å². The molecule has 1 heterocycles. The van der Waals surface area contributed by atoms with Gasteiger partial charge in [-0.25, -0.2) is 4.79 Å². The van der Waals surface area contributed by atoms with Crippen LogP contribution in [0, 0.1) is 6.92 Å². The van der Waals surface area contributed by atoms with E-state index in [1.165, 1.54) is 0 Å². The summed E-state index contributed by atoms with van der Waals surface area (Å²) in [5, 5.41) is 22.5. The second-order valence-corrected chi connectivity index (χ2v) is 7.32. The molecule has 7 heteroatoms. The number of nitrogens with one attached hydrogen (secondary N) is 1. The van der Waals surface area contributed by atoms with E-state index in [0.717, 1.165) is 22.2 Å². The molecule has 31 heavy (non-hydrogen) atoms. The van der Waals surface area contributed by atoms with E-state index in [1.807, 2.05) is 43.3 Å².